The molecule has 6 heteroatoms. The monoisotopic (exact) mass is 236 g/mol. The fourth-order valence-electron chi connectivity index (χ4n) is 2.99. The van der Waals surface area contributed by atoms with Gasteiger partial charge in [-0.05, 0) is 32.1 Å². The van der Waals surface area contributed by atoms with Crippen molar-refractivity contribution in [1.29, 1.82) is 0 Å². The first-order chi connectivity index (χ1) is 8.43. The van der Waals surface area contributed by atoms with Gasteiger partial charge in [0.15, 0.2) is 0 Å². The molecule has 2 N–H and O–H groups in total. The normalized spacial score (nSPS) is 40.9. The summed E-state index contributed by atoms with van der Waals surface area (Å²) in [6.45, 7) is 0. The number of hydrogen-bond donors (Lipinski definition) is 2. The molecule has 3 aliphatic rings. The lowest BCUT2D eigenvalue weighted by Crippen LogP contribution is -2.32. The summed E-state index contributed by atoms with van der Waals surface area (Å²) in [4.78, 5) is 0. The highest BCUT2D eigenvalue weighted by atomic mass is 15.5. The molecule has 0 aromatic rings. The summed E-state index contributed by atoms with van der Waals surface area (Å²) in [6, 6.07) is 1.73. The van der Waals surface area contributed by atoms with Gasteiger partial charge in [-0.25, -0.2) is 0 Å². The van der Waals surface area contributed by atoms with E-state index in [1.54, 1.807) is 0 Å². The van der Waals surface area contributed by atoms with E-state index in [4.69, 9.17) is 0 Å². The van der Waals surface area contributed by atoms with Crippen LogP contribution in [0.4, 0.5) is 0 Å². The third-order valence-electron chi connectivity index (χ3n) is 4.07. The Labute approximate surface area is 101 Å². The van der Waals surface area contributed by atoms with Crippen LogP contribution in [0.5, 0.6) is 0 Å². The quantitative estimate of drug-likeness (QED) is 0.676. The molecular formula is C11H20N6. The van der Waals surface area contributed by atoms with Gasteiger partial charge in [-0.1, -0.05) is 23.3 Å². The van der Waals surface area contributed by atoms with Crippen LogP contribution >= 0.6 is 0 Å². The zero-order chi connectivity index (χ0) is 11.5. The summed E-state index contributed by atoms with van der Waals surface area (Å²) >= 11 is 0. The van der Waals surface area contributed by atoms with Crippen LogP contribution in [-0.2, 0) is 0 Å². The molecule has 0 spiro atoms. The number of rotatable bonds is 0. The van der Waals surface area contributed by atoms with Gasteiger partial charge < -0.3 is 0 Å². The van der Waals surface area contributed by atoms with Crippen LogP contribution in [-0.4, -0.2) is 24.2 Å². The van der Waals surface area contributed by atoms with E-state index in [1.807, 2.05) is 0 Å². The maximum atomic E-state index is 4.29. The summed E-state index contributed by atoms with van der Waals surface area (Å²) in [7, 11) is 0. The molecule has 2 heterocycles. The third kappa shape index (κ3) is 2.40. The van der Waals surface area contributed by atoms with Gasteiger partial charge in [0.25, 0.3) is 0 Å². The van der Waals surface area contributed by atoms with E-state index in [1.165, 1.54) is 19.3 Å². The lowest BCUT2D eigenvalue weighted by Gasteiger charge is -2.17. The van der Waals surface area contributed by atoms with Gasteiger partial charge in [0.05, 0.1) is 24.2 Å². The van der Waals surface area contributed by atoms with Gasteiger partial charge in [0.2, 0.25) is 0 Å². The standard InChI is InChI=1S/C11H20N6/c1-2-5-9-11(15-17-13-9)7-3-6-10-8(4-1)12-16-14-10/h8-11H,1-7H2,(H,12,14)(H,13,15). The van der Waals surface area contributed by atoms with Crippen LogP contribution in [0.3, 0.4) is 0 Å². The van der Waals surface area contributed by atoms with Gasteiger partial charge in [0.1, 0.15) is 0 Å². The van der Waals surface area contributed by atoms with Gasteiger partial charge in [0, 0.05) is 0 Å². The van der Waals surface area contributed by atoms with E-state index < -0.39 is 0 Å². The first-order valence-electron chi connectivity index (χ1n) is 6.74. The Balaban J connectivity index is 1.60. The first-order valence-corrected chi connectivity index (χ1v) is 6.74. The average molecular weight is 236 g/mol. The molecule has 3 rings (SSSR count). The van der Waals surface area contributed by atoms with Gasteiger partial charge >= 0.3 is 0 Å². The van der Waals surface area contributed by atoms with E-state index in [2.05, 4.69) is 31.5 Å². The second-order valence-corrected chi connectivity index (χ2v) is 5.25. The second kappa shape index (κ2) is 4.98. The molecule has 1 saturated carbocycles. The maximum Gasteiger partial charge on any atom is 0.0947 e. The number of nitrogens with one attached hydrogen (secondary N) is 2. The Kier molecular flexibility index (Phi) is 3.20. The fraction of sp³-hybridized carbons (Fsp3) is 1.00. The SMILES string of the molecule is C1CCC2N=NNC2CCCC2NN=NC2C1. The summed E-state index contributed by atoms with van der Waals surface area (Å²) in [5.41, 5.74) is 6.29. The summed E-state index contributed by atoms with van der Waals surface area (Å²) in [5.74, 6) is 0. The summed E-state index contributed by atoms with van der Waals surface area (Å²) in [6.07, 6.45) is 8.26. The van der Waals surface area contributed by atoms with Crippen LogP contribution in [0.25, 0.3) is 0 Å². The number of nitrogens with zero attached hydrogens (tertiary/aromatic N) is 4. The number of fused-ring (bicyclic) bond motifs is 2. The van der Waals surface area contributed by atoms with Crippen LogP contribution < -0.4 is 10.9 Å². The minimum atomic E-state index is 0.405. The Bertz CT molecular complexity index is 285. The maximum absolute atomic E-state index is 4.29. The highest BCUT2D eigenvalue weighted by Crippen LogP contribution is 2.25. The predicted octanol–water partition coefficient (Wildman–Crippen LogP) is 2.15. The van der Waals surface area contributed by atoms with Crippen molar-refractivity contribution in [2.45, 2.75) is 69.1 Å². The molecule has 0 radical (unpaired) electrons. The Morgan fingerprint density at radius 3 is 1.71 bits per heavy atom. The number of hydrogen-bond acceptors (Lipinski definition) is 6. The van der Waals surface area contributed by atoms with Crippen molar-refractivity contribution in [3.8, 4) is 0 Å². The minimum Gasteiger partial charge on any atom is -0.286 e. The van der Waals surface area contributed by atoms with Crippen molar-refractivity contribution in [3.63, 3.8) is 0 Å². The van der Waals surface area contributed by atoms with Gasteiger partial charge in [-0.3, -0.25) is 10.9 Å². The van der Waals surface area contributed by atoms with Crippen molar-refractivity contribution in [1.82, 2.24) is 10.9 Å². The molecule has 94 valence electrons. The molecule has 2 aliphatic heterocycles. The molecule has 6 nitrogen and oxygen atoms in total. The molecule has 1 aliphatic carbocycles. The zero-order valence-electron chi connectivity index (χ0n) is 10.0. The van der Waals surface area contributed by atoms with Crippen LogP contribution in [0.1, 0.15) is 44.9 Å². The second-order valence-electron chi connectivity index (χ2n) is 5.25. The predicted molar refractivity (Wildman–Crippen MR) is 63.5 cm³/mol. The van der Waals surface area contributed by atoms with Crippen LogP contribution in [0.15, 0.2) is 20.7 Å². The Hall–Kier alpha value is -1.20. The Morgan fingerprint density at radius 1 is 0.647 bits per heavy atom. The van der Waals surface area contributed by atoms with Crippen molar-refractivity contribution in [2.75, 3.05) is 0 Å². The molecule has 4 atom stereocenters. The van der Waals surface area contributed by atoms with Crippen molar-refractivity contribution < 1.29 is 0 Å². The lowest BCUT2D eigenvalue weighted by molar-refractivity contribution is 0.413. The van der Waals surface area contributed by atoms with E-state index in [0.29, 0.717) is 24.2 Å². The van der Waals surface area contributed by atoms with Gasteiger partial charge in [-0.15, -0.1) is 0 Å². The fourth-order valence-corrected chi connectivity index (χ4v) is 2.99. The Morgan fingerprint density at radius 2 is 1.18 bits per heavy atom. The topological polar surface area (TPSA) is 73.5 Å². The van der Waals surface area contributed by atoms with Crippen LogP contribution in [0, 0.1) is 0 Å². The van der Waals surface area contributed by atoms with Crippen molar-refractivity contribution >= 4 is 0 Å². The molecule has 0 saturated heterocycles. The summed E-state index contributed by atoms with van der Waals surface area (Å²) < 4.78 is 0. The van der Waals surface area contributed by atoms with E-state index in [0.717, 1.165) is 25.7 Å². The van der Waals surface area contributed by atoms with E-state index >= 15 is 0 Å². The first kappa shape index (κ1) is 10.9. The molecule has 0 aromatic heterocycles. The lowest BCUT2D eigenvalue weighted by atomic mass is 9.98. The largest absolute Gasteiger partial charge is 0.286 e. The average Bonchev–Trinajstić information content (AvgIpc) is 2.94. The molecular weight excluding hydrogens is 216 g/mol. The molecule has 0 bridgehead atoms. The highest BCUT2D eigenvalue weighted by molar-refractivity contribution is 4.88. The van der Waals surface area contributed by atoms with Crippen LogP contribution in [0.2, 0.25) is 0 Å². The van der Waals surface area contributed by atoms with Crippen molar-refractivity contribution in [3.05, 3.63) is 0 Å². The zero-order valence-corrected chi connectivity index (χ0v) is 10.0. The molecule has 0 aromatic carbocycles. The van der Waals surface area contributed by atoms with E-state index in [9.17, 15) is 0 Å². The molecule has 1 fully saturated rings. The molecule has 0 amide bonds. The molecule has 4 unspecified atom stereocenters. The highest BCUT2D eigenvalue weighted by Gasteiger charge is 2.29. The molecule has 17 heavy (non-hydrogen) atoms. The van der Waals surface area contributed by atoms with Gasteiger partial charge in [-0.2, -0.15) is 10.2 Å². The van der Waals surface area contributed by atoms with E-state index in [-0.39, 0.29) is 0 Å². The third-order valence-corrected chi connectivity index (χ3v) is 4.07. The smallest absolute Gasteiger partial charge is 0.0947 e. The van der Waals surface area contributed by atoms with Crippen molar-refractivity contribution in [2.24, 2.45) is 20.7 Å². The minimum absolute atomic E-state index is 0.405. The summed E-state index contributed by atoms with van der Waals surface area (Å²) in [5, 5.41) is 16.6.